The lowest BCUT2D eigenvalue weighted by molar-refractivity contribution is -0.134. The molecule has 0 unspecified atom stereocenters. The van der Waals surface area contributed by atoms with Crippen molar-refractivity contribution in [3.05, 3.63) is 70.7 Å². The number of aryl methyl sites for hydroxylation is 2. The molecule has 0 fully saturated rings. The number of nitrogens with zero attached hydrogens (tertiary/aromatic N) is 3. The second-order valence-corrected chi connectivity index (χ2v) is 8.22. The number of hydrogen-bond donors (Lipinski definition) is 2. The third-order valence-electron chi connectivity index (χ3n) is 5.71. The third-order valence-corrected chi connectivity index (χ3v) is 5.71. The summed E-state index contributed by atoms with van der Waals surface area (Å²) >= 11 is 0. The third kappa shape index (κ3) is 5.33. The minimum atomic E-state index is -0.468. The number of carbonyl (C=O) groups excluding carboxylic acids is 3. The summed E-state index contributed by atoms with van der Waals surface area (Å²) in [6.07, 6.45) is 0.660. The van der Waals surface area contributed by atoms with Gasteiger partial charge in [-0.1, -0.05) is 6.07 Å². The molecule has 4 rings (SSSR count). The highest BCUT2D eigenvalue weighted by molar-refractivity contribution is 6.04. The Hall–Kier alpha value is -3.95. The lowest BCUT2D eigenvalue weighted by Gasteiger charge is -2.27. The maximum atomic E-state index is 13.5. The first kappa shape index (κ1) is 23.2. The number of carbonyl (C=O) groups is 3. The summed E-state index contributed by atoms with van der Waals surface area (Å²) in [5.74, 6) is 0.0847. The van der Waals surface area contributed by atoms with Gasteiger partial charge in [0, 0.05) is 56.3 Å². The second kappa shape index (κ2) is 9.90. The number of anilines is 1. The summed E-state index contributed by atoms with van der Waals surface area (Å²) in [4.78, 5) is 39.4. The Labute approximate surface area is 195 Å². The van der Waals surface area contributed by atoms with Crippen molar-refractivity contribution in [1.29, 1.82) is 0 Å². The zero-order valence-corrected chi connectivity index (χ0v) is 19.1. The highest BCUT2D eigenvalue weighted by Gasteiger charge is 2.29. The van der Waals surface area contributed by atoms with E-state index in [0.717, 1.165) is 11.5 Å². The summed E-state index contributed by atoms with van der Waals surface area (Å²) in [5.41, 5.74) is 2.06. The number of benzene rings is 1. The van der Waals surface area contributed by atoms with Gasteiger partial charge in [-0.05, 0) is 37.3 Å². The number of furan rings is 1. The van der Waals surface area contributed by atoms with Crippen LogP contribution in [0.3, 0.4) is 0 Å². The Morgan fingerprint density at radius 3 is 2.74 bits per heavy atom. The van der Waals surface area contributed by atoms with Crippen LogP contribution in [0.5, 0.6) is 0 Å². The molecule has 0 radical (unpaired) electrons. The van der Waals surface area contributed by atoms with Crippen LogP contribution >= 0.6 is 0 Å². The minimum absolute atomic E-state index is 0.0574. The normalized spacial score (nSPS) is 12.9. The maximum Gasteiger partial charge on any atom is 0.276 e. The van der Waals surface area contributed by atoms with Gasteiger partial charge >= 0.3 is 0 Å². The molecule has 0 saturated carbocycles. The quantitative estimate of drug-likeness (QED) is 0.555. The van der Waals surface area contributed by atoms with E-state index >= 15 is 0 Å². The van der Waals surface area contributed by atoms with Gasteiger partial charge in [0.25, 0.3) is 5.91 Å². The molecular formula is C24H26FN5O4. The number of rotatable bonds is 7. The molecular weight excluding hydrogens is 441 g/mol. The Morgan fingerprint density at radius 2 is 2.00 bits per heavy atom. The summed E-state index contributed by atoms with van der Waals surface area (Å²) in [6.45, 7) is 2.80. The fraction of sp³-hybridized carbons (Fsp3) is 0.333. The summed E-state index contributed by atoms with van der Waals surface area (Å²) in [7, 11) is 1.75. The van der Waals surface area contributed by atoms with Gasteiger partial charge in [-0.25, -0.2) is 4.39 Å². The molecule has 0 aliphatic carbocycles. The Bertz CT molecular complexity index is 1230. The predicted octanol–water partition coefficient (Wildman–Crippen LogP) is 2.69. The molecule has 0 atom stereocenters. The van der Waals surface area contributed by atoms with Crippen LogP contribution in [0, 0.1) is 12.7 Å². The number of halogens is 1. The molecule has 0 bridgehead atoms. The fourth-order valence-electron chi connectivity index (χ4n) is 3.98. The van der Waals surface area contributed by atoms with Gasteiger partial charge < -0.3 is 20.0 Å². The van der Waals surface area contributed by atoms with Crippen LogP contribution in [0.15, 0.2) is 40.8 Å². The molecule has 0 saturated heterocycles. The van der Waals surface area contributed by atoms with E-state index in [1.807, 2.05) is 13.0 Å². The van der Waals surface area contributed by atoms with E-state index in [2.05, 4.69) is 15.7 Å². The summed E-state index contributed by atoms with van der Waals surface area (Å²) in [5, 5.41) is 9.73. The van der Waals surface area contributed by atoms with Gasteiger partial charge in [0.2, 0.25) is 11.8 Å². The molecule has 1 aromatic carbocycles. The zero-order chi connectivity index (χ0) is 24.2. The summed E-state index contributed by atoms with van der Waals surface area (Å²) < 4.78 is 20.5. The van der Waals surface area contributed by atoms with Crippen molar-refractivity contribution in [1.82, 2.24) is 20.0 Å². The molecule has 10 heteroatoms. The molecule has 2 N–H and O–H groups in total. The maximum absolute atomic E-state index is 13.5. The lowest BCUT2D eigenvalue weighted by atomic mass is 10.0. The van der Waals surface area contributed by atoms with Crippen LogP contribution in [0.25, 0.3) is 0 Å². The Balaban J connectivity index is 1.35. The smallest absolute Gasteiger partial charge is 0.276 e. The van der Waals surface area contributed by atoms with Crippen molar-refractivity contribution in [3.63, 3.8) is 0 Å². The molecule has 0 spiro atoms. The minimum Gasteiger partial charge on any atom is -0.465 e. The monoisotopic (exact) mass is 467 g/mol. The van der Waals surface area contributed by atoms with E-state index in [1.54, 1.807) is 28.8 Å². The first-order valence-electron chi connectivity index (χ1n) is 11.0. The zero-order valence-electron chi connectivity index (χ0n) is 19.1. The van der Waals surface area contributed by atoms with Gasteiger partial charge in [-0.3, -0.25) is 19.1 Å². The van der Waals surface area contributed by atoms with Gasteiger partial charge in [0.15, 0.2) is 5.69 Å². The van der Waals surface area contributed by atoms with Crippen LogP contribution in [0.2, 0.25) is 0 Å². The number of fused-ring (bicyclic) bond motifs is 1. The lowest BCUT2D eigenvalue weighted by Crippen LogP contribution is -2.37. The molecule has 1 aliphatic heterocycles. The van der Waals surface area contributed by atoms with Gasteiger partial charge in [0.1, 0.15) is 17.3 Å². The molecule has 178 valence electrons. The van der Waals surface area contributed by atoms with Crippen molar-refractivity contribution < 1.29 is 23.2 Å². The molecule has 9 nitrogen and oxygen atoms in total. The molecule has 3 amide bonds. The Kier molecular flexibility index (Phi) is 6.76. The molecule has 34 heavy (non-hydrogen) atoms. The van der Waals surface area contributed by atoms with E-state index in [1.165, 1.54) is 18.2 Å². The number of nitrogens with one attached hydrogen (secondary N) is 2. The SMILES string of the molecule is Cc1ccc(CNC(=O)CCC(=O)N2CCc3c(c(C(=O)Nc4cccc(F)c4)nn3C)C2)o1. The number of amides is 3. The van der Waals surface area contributed by atoms with Crippen LogP contribution < -0.4 is 10.6 Å². The van der Waals surface area contributed by atoms with Crippen molar-refractivity contribution in [2.24, 2.45) is 7.05 Å². The standard InChI is InChI=1S/C24H26FN5O4/c1-15-6-7-18(34-15)13-26-21(31)8-9-22(32)30-11-10-20-19(14-30)23(28-29(20)2)24(33)27-17-5-3-4-16(25)12-17/h3-7,12H,8-11,13-14H2,1-2H3,(H,26,31)(H,27,33). The van der Waals surface area contributed by atoms with E-state index in [9.17, 15) is 18.8 Å². The highest BCUT2D eigenvalue weighted by Crippen LogP contribution is 2.24. The van der Waals surface area contributed by atoms with Crippen molar-refractivity contribution in [2.75, 3.05) is 11.9 Å². The highest BCUT2D eigenvalue weighted by atomic mass is 19.1. The van der Waals surface area contributed by atoms with Gasteiger partial charge in [-0.2, -0.15) is 5.10 Å². The summed E-state index contributed by atoms with van der Waals surface area (Å²) in [6, 6.07) is 9.22. The second-order valence-electron chi connectivity index (χ2n) is 8.22. The number of hydrogen-bond acceptors (Lipinski definition) is 5. The van der Waals surface area contributed by atoms with Crippen LogP contribution in [-0.2, 0) is 36.1 Å². The van der Waals surface area contributed by atoms with Crippen LogP contribution in [0.1, 0.15) is 46.1 Å². The van der Waals surface area contributed by atoms with Crippen molar-refractivity contribution in [3.8, 4) is 0 Å². The average Bonchev–Trinajstić information content (AvgIpc) is 3.38. The molecule has 3 aromatic rings. The fourth-order valence-corrected chi connectivity index (χ4v) is 3.98. The van der Waals surface area contributed by atoms with E-state index in [-0.39, 0.29) is 43.4 Å². The van der Waals surface area contributed by atoms with E-state index in [4.69, 9.17) is 4.42 Å². The average molecular weight is 468 g/mol. The molecule has 1 aliphatic rings. The van der Waals surface area contributed by atoms with E-state index < -0.39 is 11.7 Å². The molecule has 3 heterocycles. The largest absolute Gasteiger partial charge is 0.465 e. The molecule has 2 aromatic heterocycles. The predicted molar refractivity (Wildman–Crippen MR) is 121 cm³/mol. The van der Waals surface area contributed by atoms with Crippen molar-refractivity contribution >= 4 is 23.4 Å². The first-order chi connectivity index (χ1) is 16.3. The first-order valence-corrected chi connectivity index (χ1v) is 11.0. The Morgan fingerprint density at radius 1 is 1.18 bits per heavy atom. The van der Waals surface area contributed by atoms with Gasteiger partial charge in [-0.15, -0.1) is 0 Å². The van der Waals surface area contributed by atoms with Crippen LogP contribution in [0.4, 0.5) is 10.1 Å². The van der Waals surface area contributed by atoms with Gasteiger partial charge in [0.05, 0.1) is 6.54 Å². The van der Waals surface area contributed by atoms with Crippen LogP contribution in [-0.4, -0.2) is 38.9 Å². The number of aromatic nitrogens is 2. The van der Waals surface area contributed by atoms with Crippen molar-refractivity contribution in [2.45, 2.75) is 39.3 Å². The topological polar surface area (TPSA) is 109 Å². The van der Waals surface area contributed by atoms with E-state index in [0.29, 0.717) is 30.0 Å².